The van der Waals surface area contributed by atoms with Gasteiger partial charge in [-0.2, -0.15) is 2.86 Å². The lowest BCUT2D eigenvalue weighted by Crippen LogP contribution is -2.20. The Labute approximate surface area is 102 Å². The zero-order chi connectivity index (χ0) is 10.2. The monoisotopic (exact) mass is 312 g/mol. The average molecular weight is 312 g/mol. The molecule has 0 spiro atoms. The van der Waals surface area contributed by atoms with Crippen LogP contribution in [-0.2, 0) is 0 Å². The first-order chi connectivity index (χ1) is 6.97. The summed E-state index contributed by atoms with van der Waals surface area (Å²) in [6.45, 7) is 0. The quantitative estimate of drug-likeness (QED) is 0.565. The summed E-state index contributed by atoms with van der Waals surface area (Å²) >= 11 is 0.650. The highest BCUT2D eigenvalue weighted by Crippen LogP contribution is 2.37. The Morgan fingerprint density at radius 1 is 0.571 bits per heavy atom. The predicted molar refractivity (Wildman–Crippen MR) is 68.3 cm³/mol. The number of halogens is 2. The number of hydrogen-bond donors (Lipinski definition) is 0. The fourth-order valence-electron chi connectivity index (χ4n) is 3.21. The van der Waals surface area contributed by atoms with E-state index in [1.54, 1.807) is 25.7 Å². The maximum absolute atomic E-state index is 9.47. The highest BCUT2D eigenvalue weighted by molar-refractivity contribution is 14.1. The molecule has 0 aliphatic heterocycles. The molecule has 2 rings (SSSR count). The third-order valence-electron chi connectivity index (χ3n) is 3.97. The first-order valence-corrected chi connectivity index (χ1v) is 6.92. The smallest absolute Gasteiger partial charge is 0.171 e. The lowest BCUT2D eigenvalue weighted by molar-refractivity contribution is 0.196. The van der Waals surface area contributed by atoms with Crippen LogP contribution in [-0.4, -0.2) is 0 Å². The summed E-state index contributed by atoms with van der Waals surface area (Å²) < 4.78 is 9.47. The Balaban J connectivity index is 0.000000461. The summed E-state index contributed by atoms with van der Waals surface area (Å²) in [6, 6.07) is 0. The van der Waals surface area contributed by atoms with Gasteiger partial charge in [-0.3, -0.25) is 0 Å². The lowest BCUT2D eigenvalue weighted by Gasteiger charge is -2.32. The van der Waals surface area contributed by atoms with Gasteiger partial charge in [0.15, 0.2) is 23.2 Å². The van der Waals surface area contributed by atoms with E-state index < -0.39 is 0 Å². The molecule has 0 aromatic heterocycles. The maximum atomic E-state index is 9.47. The second kappa shape index (κ2) is 7.89. The van der Waals surface area contributed by atoms with E-state index in [9.17, 15) is 2.86 Å². The molecule has 0 bridgehead atoms. The van der Waals surface area contributed by atoms with Crippen molar-refractivity contribution in [3.05, 3.63) is 0 Å². The van der Waals surface area contributed by atoms with Crippen molar-refractivity contribution in [1.29, 1.82) is 0 Å². The number of rotatable bonds is 1. The minimum atomic E-state index is 0.650. The van der Waals surface area contributed by atoms with E-state index in [2.05, 4.69) is 0 Å². The van der Waals surface area contributed by atoms with Crippen LogP contribution >= 0.6 is 23.2 Å². The van der Waals surface area contributed by atoms with Crippen LogP contribution in [0.2, 0.25) is 0 Å². The molecule has 0 saturated heterocycles. The van der Waals surface area contributed by atoms with Gasteiger partial charge in [-0.15, -0.1) is 0 Å². The van der Waals surface area contributed by atoms with Crippen molar-refractivity contribution in [2.75, 3.05) is 0 Å². The summed E-state index contributed by atoms with van der Waals surface area (Å²) in [7, 11) is 0. The van der Waals surface area contributed by atoms with Gasteiger partial charge in [0.1, 0.15) is 0 Å². The molecule has 2 aliphatic carbocycles. The largest absolute Gasteiger partial charge is 0.171 e. The van der Waals surface area contributed by atoms with Crippen molar-refractivity contribution in [2.24, 2.45) is 11.8 Å². The van der Waals surface area contributed by atoms with Crippen LogP contribution in [0.25, 0.3) is 0 Å². The molecule has 0 atom stereocenters. The molecule has 0 nitrogen and oxygen atoms in total. The van der Waals surface area contributed by atoms with Gasteiger partial charge in [-0.1, -0.05) is 64.2 Å². The van der Waals surface area contributed by atoms with E-state index in [0.717, 1.165) is 11.8 Å². The minimum Gasteiger partial charge on any atom is -0.171 e. The molecule has 84 valence electrons. The Bertz CT molecular complexity index is 110. The molecule has 2 saturated carbocycles. The van der Waals surface area contributed by atoms with Crippen LogP contribution in [0.15, 0.2) is 0 Å². The van der Waals surface area contributed by atoms with Crippen molar-refractivity contribution in [3.63, 3.8) is 0 Å². The van der Waals surface area contributed by atoms with Crippen molar-refractivity contribution < 1.29 is 2.86 Å². The molecular weight excluding hydrogens is 290 g/mol. The maximum Gasteiger partial charge on any atom is 0.171 e. The van der Waals surface area contributed by atoms with Gasteiger partial charge >= 0.3 is 0 Å². The summed E-state index contributed by atoms with van der Waals surface area (Å²) in [5.41, 5.74) is 0. The van der Waals surface area contributed by atoms with E-state index >= 15 is 0 Å². The normalized spacial score (nSPS) is 25.3. The third-order valence-corrected chi connectivity index (χ3v) is 3.97. The van der Waals surface area contributed by atoms with E-state index in [1.165, 1.54) is 38.5 Å². The molecule has 2 fully saturated rings. The van der Waals surface area contributed by atoms with Gasteiger partial charge in [-0.05, 0) is 11.8 Å². The van der Waals surface area contributed by atoms with Crippen molar-refractivity contribution >= 4 is 23.2 Å². The van der Waals surface area contributed by atoms with Gasteiger partial charge < -0.3 is 0 Å². The summed E-state index contributed by atoms with van der Waals surface area (Å²) in [5, 5.41) is 0. The highest BCUT2D eigenvalue weighted by Gasteiger charge is 2.24. The van der Waals surface area contributed by atoms with Crippen LogP contribution < -0.4 is 0 Å². The minimum absolute atomic E-state index is 0.650. The fourth-order valence-corrected chi connectivity index (χ4v) is 3.21. The summed E-state index contributed by atoms with van der Waals surface area (Å²) in [6.07, 6.45) is 15.4. The van der Waals surface area contributed by atoms with Crippen LogP contribution in [0.3, 0.4) is 0 Å². The molecule has 0 N–H and O–H groups in total. The van der Waals surface area contributed by atoms with Crippen LogP contribution in [0.1, 0.15) is 64.2 Å². The molecule has 0 radical (unpaired) electrons. The van der Waals surface area contributed by atoms with Crippen molar-refractivity contribution in [1.82, 2.24) is 0 Å². The van der Waals surface area contributed by atoms with Gasteiger partial charge in [0.25, 0.3) is 0 Å². The van der Waals surface area contributed by atoms with E-state index in [0.29, 0.717) is 23.2 Å². The van der Waals surface area contributed by atoms with Gasteiger partial charge in [0.2, 0.25) is 0 Å². The van der Waals surface area contributed by atoms with Crippen molar-refractivity contribution in [3.8, 4) is 0 Å². The SMILES string of the molecule is C1CCC(C2CCCCC2)CC1.FI. The van der Waals surface area contributed by atoms with E-state index in [-0.39, 0.29) is 0 Å². The Kier molecular flexibility index (Phi) is 7.17. The zero-order valence-electron chi connectivity index (χ0n) is 8.98. The molecule has 0 aromatic carbocycles. The zero-order valence-corrected chi connectivity index (χ0v) is 11.1. The lowest BCUT2D eigenvalue weighted by atomic mass is 9.73. The Morgan fingerprint density at radius 2 is 0.857 bits per heavy atom. The van der Waals surface area contributed by atoms with Gasteiger partial charge in [-0.25, -0.2) is 0 Å². The number of hydrogen-bond acceptors (Lipinski definition) is 0. The predicted octanol–water partition coefficient (Wildman–Crippen LogP) is 5.45. The fraction of sp³-hybridized carbons (Fsp3) is 1.00. The van der Waals surface area contributed by atoms with E-state index in [1.807, 2.05) is 0 Å². The highest BCUT2D eigenvalue weighted by atomic mass is 127. The third kappa shape index (κ3) is 4.03. The molecule has 0 amide bonds. The topological polar surface area (TPSA) is 0 Å². The first-order valence-electron chi connectivity index (χ1n) is 6.11. The molecule has 14 heavy (non-hydrogen) atoms. The first kappa shape index (κ1) is 12.7. The second-order valence-electron chi connectivity index (χ2n) is 4.80. The molecule has 2 aliphatic rings. The Morgan fingerprint density at radius 3 is 1.14 bits per heavy atom. The van der Waals surface area contributed by atoms with Crippen LogP contribution in [0.5, 0.6) is 0 Å². The summed E-state index contributed by atoms with van der Waals surface area (Å²) in [5.74, 6) is 2.28. The molecule has 0 unspecified atom stereocenters. The van der Waals surface area contributed by atoms with Crippen LogP contribution in [0, 0.1) is 11.8 Å². The average Bonchev–Trinajstić information content (AvgIpc) is 2.34. The van der Waals surface area contributed by atoms with Crippen LogP contribution in [0.4, 0.5) is 2.86 Å². The Hall–Kier alpha value is 0.660. The molecule has 0 aromatic rings. The molecular formula is C12H22FI. The molecule has 0 heterocycles. The summed E-state index contributed by atoms with van der Waals surface area (Å²) in [4.78, 5) is 0. The van der Waals surface area contributed by atoms with E-state index in [4.69, 9.17) is 0 Å². The van der Waals surface area contributed by atoms with Gasteiger partial charge in [0.05, 0.1) is 0 Å². The standard InChI is InChI=1S/C12H22.FI/c1-3-7-11(8-4-1)12-9-5-2-6-10-12;1-2/h11-12H,1-10H2;. The molecule has 2 heteroatoms. The van der Waals surface area contributed by atoms with Gasteiger partial charge in [0, 0.05) is 0 Å². The second-order valence-corrected chi connectivity index (χ2v) is 4.80. The van der Waals surface area contributed by atoms with Crippen molar-refractivity contribution in [2.45, 2.75) is 64.2 Å².